The molecular weight excluding hydrogens is 306 g/mol. The molecule has 0 unspecified atom stereocenters. The second kappa shape index (κ2) is 7.67. The Bertz CT molecular complexity index is 720. The summed E-state index contributed by atoms with van der Waals surface area (Å²) in [7, 11) is -0.504. The van der Waals surface area contributed by atoms with E-state index in [1.54, 1.807) is 6.20 Å². The van der Waals surface area contributed by atoms with Crippen LogP contribution in [-0.2, 0) is 11.5 Å². The van der Waals surface area contributed by atoms with Crippen molar-refractivity contribution >= 4 is 10.0 Å². The van der Waals surface area contributed by atoms with Crippen molar-refractivity contribution in [1.82, 2.24) is 14.5 Å². The molecule has 2 aromatic heterocycles. The first-order valence-corrected chi connectivity index (χ1v) is 10.6. The molecule has 0 aliphatic heterocycles. The summed E-state index contributed by atoms with van der Waals surface area (Å²) in [5, 5.41) is 0. The van der Waals surface area contributed by atoms with Gasteiger partial charge in [-0.3, -0.25) is 4.98 Å². The lowest BCUT2D eigenvalue weighted by Crippen LogP contribution is -2.10. The predicted octanol–water partition coefficient (Wildman–Crippen LogP) is 2.96. The van der Waals surface area contributed by atoms with Crippen LogP contribution in [0.5, 0.6) is 0 Å². The van der Waals surface area contributed by atoms with Crippen LogP contribution in [0.4, 0.5) is 0 Å². The van der Waals surface area contributed by atoms with E-state index >= 15 is 0 Å². The molecule has 0 atom stereocenters. The van der Waals surface area contributed by atoms with Crippen LogP contribution in [0.3, 0.4) is 0 Å². The van der Waals surface area contributed by atoms with E-state index in [4.69, 9.17) is 4.74 Å². The van der Waals surface area contributed by atoms with E-state index in [0.29, 0.717) is 6.73 Å². The molecule has 0 aliphatic carbocycles. The molecule has 5 heteroatoms. The van der Waals surface area contributed by atoms with Crippen molar-refractivity contribution in [1.29, 1.82) is 0 Å². The maximum atomic E-state index is 5.76. The Labute approximate surface area is 140 Å². The molecular formula is C18H25N3OS. The number of rotatable bonds is 5. The number of aryl methyl sites for hydroxylation is 2. The fourth-order valence-electron chi connectivity index (χ4n) is 1.93. The fraction of sp³-hybridized carbons (Fsp3) is 0.444. The maximum absolute atomic E-state index is 5.76. The summed E-state index contributed by atoms with van der Waals surface area (Å²) in [6, 6.07) is 3.87. The third-order valence-electron chi connectivity index (χ3n) is 3.28. The number of nitrogens with zero attached hydrogens (tertiary/aromatic N) is 3. The standard InChI is InChI=1S/C18H25N3OS/c1-15-12-17(8-9-19-15)6-7-18-13-21(16(2)20-18)14-22-10-11-23(3,4)5/h8-9,12-13H,10-11,14H2,1-5H3. The molecule has 0 N–H and O–H groups in total. The molecule has 0 amide bonds. The van der Waals surface area contributed by atoms with Gasteiger partial charge in [0.1, 0.15) is 18.2 Å². The number of ether oxygens (including phenoxy) is 1. The van der Waals surface area contributed by atoms with Gasteiger partial charge in [0.05, 0.1) is 6.61 Å². The first kappa shape index (κ1) is 17.6. The Morgan fingerprint density at radius 3 is 2.70 bits per heavy atom. The van der Waals surface area contributed by atoms with Gasteiger partial charge in [0.2, 0.25) is 0 Å². The minimum atomic E-state index is -0.504. The van der Waals surface area contributed by atoms with Crippen molar-refractivity contribution in [3.63, 3.8) is 0 Å². The molecule has 0 bridgehead atoms. The van der Waals surface area contributed by atoms with E-state index in [1.807, 2.05) is 36.7 Å². The third kappa shape index (κ3) is 6.09. The van der Waals surface area contributed by atoms with Crippen molar-refractivity contribution in [3.8, 4) is 11.8 Å². The van der Waals surface area contributed by atoms with Gasteiger partial charge in [-0.15, -0.1) is 0 Å². The van der Waals surface area contributed by atoms with Gasteiger partial charge in [-0.05, 0) is 50.7 Å². The van der Waals surface area contributed by atoms with Gasteiger partial charge in [-0.2, -0.15) is 0 Å². The zero-order valence-electron chi connectivity index (χ0n) is 14.6. The lowest BCUT2D eigenvalue weighted by Gasteiger charge is -2.24. The number of pyridine rings is 1. The van der Waals surface area contributed by atoms with Gasteiger partial charge in [0, 0.05) is 29.4 Å². The van der Waals surface area contributed by atoms with Crippen LogP contribution in [0, 0.1) is 25.7 Å². The Kier molecular flexibility index (Phi) is 5.86. The fourth-order valence-corrected chi connectivity index (χ4v) is 2.55. The van der Waals surface area contributed by atoms with Crippen molar-refractivity contribution in [2.24, 2.45) is 0 Å². The molecule has 23 heavy (non-hydrogen) atoms. The highest BCUT2D eigenvalue weighted by molar-refractivity contribution is 8.32. The molecule has 0 aliphatic rings. The Morgan fingerprint density at radius 1 is 1.22 bits per heavy atom. The quantitative estimate of drug-likeness (QED) is 0.625. The van der Waals surface area contributed by atoms with E-state index in [2.05, 4.69) is 40.6 Å². The summed E-state index contributed by atoms with van der Waals surface area (Å²) < 4.78 is 7.76. The molecule has 0 saturated carbocycles. The van der Waals surface area contributed by atoms with Gasteiger partial charge in [0.15, 0.2) is 0 Å². The van der Waals surface area contributed by atoms with Gasteiger partial charge in [-0.25, -0.2) is 15.0 Å². The third-order valence-corrected chi connectivity index (χ3v) is 4.67. The minimum absolute atomic E-state index is 0.504. The smallest absolute Gasteiger partial charge is 0.131 e. The number of aromatic nitrogens is 3. The van der Waals surface area contributed by atoms with Crippen LogP contribution in [0.15, 0.2) is 24.5 Å². The zero-order valence-corrected chi connectivity index (χ0v) is 15.4. The SMILES string of the molecule is Cc1cc(C#Cc2cn(COCCS(C)(C)C)c(C)n2)ccn1. The van der Waals surface area contributed by atoms with Gasteiger partial charge < -0.3 is 9.30 Å². The van der Waals surface area contributed by atoms with Crippen LogP contribution < -0.4 is 0 Å². The van der Waals surface area contributed by atoms with Gasteiger partial charge in [-0.1, -0.05) is 5.92 Å². The highest BCUT2D eigenvalue weighted by atomic mass is 32.3. The van der Waals surface area contributed by atoms with Crippen LogP contribution >= 0.6 is 10.0 Å². The molecule has 0 aromatic carbocycles. The van der Waals surface area contributed by atoms with E-state index in [9.17, 15) is 0 Å². The average molecular weight is 331 g/mol. The summed E-state index contributed by atoms with van der Waals surface area (Å²) in [5.74, 6) is 8.27. The number of hydrogen-bond donors (Lipinski definition) is 0. The van der Waals surface area contributed by atoms with Crippen LogP contribution in [0.25, 0.3) is 0 Å². The Morgan fingerprint density at radius 2 is 2.00 bits per heavy atom. The van der Waals surface area contributed by atoms with Crippen molar-refractivity contribution in [2.45, 2.75) is 20.6 Å². The molecule has 0 fully saturated rings. The first-order valence-electron chi connectivity index (χ1n) is 7.56. The second-order valence-corrected chi connectivity index (χ2v) is 11.0. The second-order valence-electron chi connectivity index (χ2n) is 6.41. The monoisotopic (exact) mass is 331 g/mol. The highest BCUT2D eigenvalue weighted by Crippen LogP contribution is 2.33. The first-order chi connectivity index (χ1) is 10.8. The summed E-state index contributed by atoms with van der Waals surface area (Å²) in [6.07, 6.45) is 10.6. The Balaban J connectivity index is 1.96. The lowest BCUT2D eigenvalue weighted by atomic mass is 10.2. The van der Waals surface area contributed by atoms with E-state index in [0.717, 1.165) is 35.1 Å². The molecule has 0 radical (unpaired) electrons. The summed E-state index contributed by atoms with van der Waals surface area (Å²) in [6.45, 7) is 5.25. The summed E-state index contributed by atoms with van der Waals surface area (Å²) in [4.78, 5) is 8.64. The largest absolute Gasteiger partial charge is 0.360 e. The molecule has 0 spiro atoms. The van der Waals surface area contributed by atoms with Gasteiger partial charge in [0.25, 0.3) is 0 Å². The predicted molar refractivity (Wildman–Crippen MR) is 98.1 cm³/mol. The normalized spacial score (nSPS) is 11.9. The van der Waals surface area contributed by atoms with Crippen LogP contribution in [0.1, 0.15) is 22.8 Å². The van der Waals surface area contributed by atoms with E-state index in [-0.39, 0.29) is 0 Å². The molecule has 2 heterocycles. The maximum Gasteiger partial charge on any atom is 0.131 e. The molecule has 2 rings (SSSR count). The van der Waals surface area contributed by atoms with Crippen molar-refractivity contribution in [3.05, 3.63) is 47.3 Å². The molecule has 124 valence electrons. The number of hydrogen-bond acceptors (Lipinski definition) is 3. The average Bonchev–Trinajstić information content (AvgIpc) is 2.81. The lowest BCUT2D eigenvalue weighted by molar-refractivity contribution is 0.0882. The topological polar surface area (TPSA) is 39.9 Å². The van der Waals surface area contributed by atoms with Gasteiger partial charge >= 0.3 is 0 Å². The van der Waals surface area contributed by atoms with Crippen LogP contribution in [0.2, 0.25) is 0 Å². The minimum Gasteiger partial charge on any atom is -0.360 e. The van der Waals surface area contributed by atoms with E-state index in [1.165, 1.54) is 0 Å². The van der Waals surface area contributed by atoms with Crippen molar-refractivity contribution in [2.75, 3.05) is 31.1 Å². The Hall–Kier alpha value is -1.77. The zero-order chi connectivity index (χ0) is 16.9. The molecule has 2 aromatic rings. The van der Waals surface area contributed by atoms with Crippen LogP contribution in [-0.4, -0.2) is 45.7 Å². The molecule has 4 nitrogen and oxygen atoms in total. The number of imidazole rings is 1. The van der Waals surface area contributed by atoms with E-state index < -0.39 is 10.0 Å². The summed E-state index contributed by atoms with van der Waals surface area (Å²) >= 11 is 0. The summed E-state index contributed by atoms with van der Waals surface area (Å²) in [5.41, 5.74) is 2.68. The van der Waals surface area contributed by atoms with Crippen molar-refractivity contribution < 1.29 is 4.74 Å². The molecule has 0 saturated heterocycles. The highest BCUT2D eigenvalue weighted by Gasteiger charge is 2.05.